The Labute approximate surface area is 109 Å². The zero-order valence-electron chi connectivity index (χ0n) is 11.4. The topological polar surface area (TPSA) is 62.5 Å². The van der Waals surface area contributed by atoms with Gasteiger partial charge < -0.3 is 9.67 Å². The summed E-state index contributed by atoms with van der Waals surface area (Å²) in [6, 6.07) is 1.52. The lowest BCUT2D eigenvalue weighted by atomic mass is 10.1. The van der Waals surface area contributed by atoms with Crippen molar-refractivity contribution in [1.29, 1.82) is 0 Å². The Kier molecular flexibility index (Phi) is 4.95. The summed E-state index contributed by atoms with van der Waals surface area (Å²) in [5, 5.41) is 9.09. The third-order valence-corrected chi connectivity index (χ3v) is 5.01. The molecule has 1 rings (SSSR count). The van der Waals surface area contributed by atoms with Gasteiger partial charge in [-0.05, 0) is 12.0 Å². The van der Waals surface area contributed by atoms with Gasteiger partial charge in [0.1, 0.15) is 4.90 Å². The van der Waals surface area contributed by atoms with Gasteiger partial charge in [-0.1, -0.05) is 20.3 Å². The molecule has 1 N–H and O–H groups in total. The predicted molar refractivity (Wildman–Crippen MR) is 70.6 cm³/mol. The first kappa shape index (κ1) is 15.2. The summed E-state index contributed by atoms with van der Waals surface area (Å²) < 4.78 is 27.6. The molecule has 0 saturated heterocycles. The quantitative estimate of drug-likeness (QED) is 0.847. The van der Waals surface area contributed by atoms with Crippen molar-refractivity contribution in [2.75, 3.05) is 13.6 Å². The van der Waals surface area contributed by atoms with Crippen molar-refractivity contribution in [2.24, 2.45) is 13.0 Å². The molecule has 0 aliphatic rings. The minimum Gasteiger partial charge on any atom is -0.390 e. The van der Waals surface area contributed by atoms with E-state index in [1.54, 1.807) is 18.7 Å². The predicted octanol–water partition coefficient (Wildman–Crippen LogP) is 1.18. The lowest BCUT2D eigenvalue weighted by molar-refractivity contribution is 0.272. The minimum absolute atomic E-state index is 0.166. The average Bonchev–Trinajstić information content (AvgIpc) is 2.70. The van der Waals surface area contributed by atoms with Gasteiger partial charge in [0.15, 0.2) is 0 Å². The highest BCUT2D eigenvalue weighted by atomic mass is 32.2. The van der Waals surface area contributed by atoms with Crippen molar-refractivity contribution in [3.63, 3.8) is 0 Å². The van der Waals surface area contributed by atoms with E-state index in [9.17, 15) is 8.42 Å². The number of hydrogen-bond donors (Lipinski definition) is 1. The Morgan fingerprint density at radius 3 is 2.56 bits per heavy atom. The van der Waals surface area contributed by atoms with Gasteiger partial charge in [-0.15, -0.1) is 0 Å². The third-order valence-electron chi connectivity index (χ3n) is 3.22. The van der Waals surface area contributed by atoms with E-state index in [0.717, 1.165) is 6.42 Å². The van der Waals surface area contributed by atoms with Crippen LogP contribution < -0.4 is 0 Å². The molecule has 1 unspecified atom stereocenters. The van der Waals surface area contributed by atoms with E-state index in [1.165, 1.54) is 16.6 Å². The van der Waals surface area contributed by atoms with Gasteiger partial charge in [-0.3, -0.25) is 0 Å². The molecule has 0 spiro atoms. The molecule has 0 aliphatic carbocycles. The number of aryl methyl sites for hydroxylation is 1. The van der Waals surface area contributed by atoms with Crippen LogP contribution in [-0.2, 0) is 23.7 Å². The number of aliphatic hydroxyl groups excluding tert-OH is 1. The summed E-state index contributed by atoms with van der Waals surface area (Å²) in [6.07, 6.45) is 2.48. The molecule has 104 valence electrons. The monoisotopic (exact) mass is 274 g/mol. The molecule has 0 aromatic carbocycles. The Bertz CT molecular complexity index is 493. The summed E-state index contributed by atoms with van der Waals surface area (Å²) in [7, 11) is -0.143. The summed E-state index contributed by atoms with van der Waals surface area (Å²) in [4.78, 5) is 0.236. The van der Waals surface area contributed by atoms with Crippen LogP contribution in [-0.4, -0.2) is 36.0 Å². The maximum absolute atomic E-state index is 12.3. The van der Waals surface area contributed by atoms with Gasteiger partial charge in [0.05, 0.1) is 6.61 Å². The second kappa shape index (κ2) is 5.86. The van der Waals surface area contributed by atoms with E-state index in [0.29, 0.717) is 18.2 Å². The van der Waals surface area contributed by atoms with E-state index >= 15 is 0 Å². The molecule has 1 heterocycles. The number of nitrogens with zero attached hydrogens (tertiary/aromatic N) is 2. The van der Waals surface area contributed by atoms with Crippen LogP contribution >= 0.6 is 0 Å². The normalized spacial score (nSPS) is 14.1. The summed E-state index contributed by atoms with van der Waals surface area (Å²) in [5.41, 5.74) is 0.588. The fourth-order valence-corrected chi connectivity index (χ4v) is 3.11. The molecule has 0 radical (unpaired) electrons. The number of aromatic nitrogens is 1. The zero-order chi connectivity index (χ0) is 13.9. The van der Waals surface area contributed by atoms with Crippen molar-refractivity contribution in [2.45, 2.75) is 31.8 Å². The second-order valence-corrected chi connectivity index (χ2v) is 6.78. The number of hydrogen-bond acceptors (Lipinski definition) is 3. The summed E-state index contributed by atoms with van der Waals surface area (Å²) >= 11 is 0. The van der Waals surface area contributed by atoms with Crippen LogP contribution in [0.15, 0.2) is 17.2 Å². The molecular weight excluding hydrogens is 252 g/mol. The molecule has 1 aromatic rings. The summed E-state index contributed by atoms with van der Waals surface area (Å²) in [6.45, 7) is 4.40. The average molecular weight is 274 g/mol. The Morgan fingerprint density at radius 1 is 1.50 bits per heavy atom. The van der Waals surface area contributed by atoms with Crippen molar-refractivity contribution >= 4 is 10.0 Å². The Hall–Kier alpha value is -0.850. The molecule has 5 nitrogen and oxygen atoms in total. The molecule has 1 atom stereocenters. The van der Waals surface area contributed by atoms with E-state index in [4.69, 9.17) is 5.11 Å². The first-order chi connectivity index (χ1) is 8.32. The smallest absolute Gasteiger partial charge is 0.244 e. The fraction of sp³-hybridized carbons (Fsp3) is 0.667. The standard InChI is InChI=1S/C12H22N2O3S/c1-5-10(2)7-14(4)18(16,17)12-6-11(9-15)13(3)8-12/h6,8,10,15H,5,7,9H2,1-4H3. The number of sulfonamides is 1. The molecule has 0 bridgehead atoms. The first-order valence-corrected chi connectivity index (χ1v) is 7.49. The van der Waals surface area contributed by atoms with Crippen LogP contribution in [0.4, 0.5) is 0 Å². The van der Waals surface area contributed by atoms with Crippen molar-refractivity contribution < 1.29 is 13.5 Å². The van der Waals surface area contributed by atoms with Crippen LogP contribution in [0.5, 0.6) is 0 Å². The van der Waals surface area contributed by atoms with Gasteiger partial charge in [0.25, 0.3) is 0 Å². The highest BCUT2D eigenvalue weighted by Crippen LogP contribution is 2.19. The Morgan fingerprint density at radius 2 is 2.11 bits per heavy atom. The van der Waals surface area contributed by atoms with Crippen LogP contribution in [0.25, 0.3) is 0 Å². The van der Waals surface area contributed by atoms with Gasteiger partial charge in [0, 0.05) is 32.5 Å². The van der Waals surface area contributed by atoms with E-state index in [1.807, 2.05) is 13.8 Å². The van der Waals surface area contributed by atoms with Gasteiger partial charge in [-0.2, -0.15) is 0 Å². The van der Waals surface area contributed by atoms with E-state index in [2.05, 4.69) is 0 Å². The highest BCUT2D eigenvalue weighted by molar-refractivity contribution is 7.89. The molecule has 18 heavy (non-hydrogen) atoms. The largest absolute Gasteiger partial charge is 0.390 e. The van der Waals surface area contributed by atoms with Crippen LogP contribution in [0.3, 0.4) is 0 Å². The molecule has 1 aromatic heterocycles. The van der Waals surface area contributed by atoms with Crippen LogP contribution in [0.1, 0.15) is 26.0 Å². The highest BCUT2D eigenvalue weighted by Gasteiger charge is 2.23. The molecule has 0 fully saturated rings. The van der Waals surface area contributed by atoms with E-state index < -0.39 is 10.0 Å². The molecular formula is C12H22N2O3S. The molecule has 0 aliphatic heterocycles. The molecule has 6 heteroatoms. The number of rotatable bonds is 6. The maximum Gasteiger partial charge on any atom is 0.244 e. The lowest BCUT2D eigenvalue weighted by Crippen LogP contribution is -2.30. The zero-order valence-corrected chi connectivity index (χ0v) is 12.2. The first-order valence-electron chi connectivity index (χ1n) is 6.05. The lowest BCUT2D eigenvalue weighted by Gasteiger charge is -2.19. The fourth-order valence-electron chi connectivity index (χ4n) is 1.72. The molecule has 0 amide bonds. The second-order valence-electron chi connectivity index (χ2n) is 4.74. The van der Waals surface area contributed by atoms with E-state index in [-0.39, 0.29) is 11.5 Å². The van der Waals surface area contributed by atoms with Gasteiger partial charge in [-0.25, -0.2) is 12.7 Å². The van der Waals surface area contributed by atoms with Crippen molar-refractivity contribution in [1.82, 2.24) is 8.87 Å². The van der Waals surface area contributed by atoms with Gasteiger partial charge >= 0.3 is 0 Å². The van der Waals surface area contributed by atoms with Gasteiger partial charge in [0.2, 0.25) is 10.0 Å². The minimum atomic E-state index is -3.45. The van der Waals surface area contributed by atoms with Crippen molar-refractivity contribution in [3.8, 4) is 0 Å². The maximum atomic E-state index is 12.3. The van der Waals surface area contributed by atoms with Crippen molar-refractivity contribution in [3.05, 3.63) is 18.0 Å². The van der Waals surface area contributed by atoms with Crippen LogP contribution in [0, 0.1) is 5.92 Å². The van der Waals surface area contributed by atoms with Crippen LogP contribution in [0.2, 0.25) is 0 Å². The SMILES string of the molecule is CCC(C)CN(C)S(=O)(=O)c1cc(CO)n(C)c1. The number of aliphatic hydroxyl groups is 1. The third kappa shape index (κ3) is 3.13. The summed E-state index contributed by atoms with van der Waals surface area (Å²) in [5.74, 6) is 0.325. The molecule has 0 saturated carbocycles. The Balaban J connectivity index is 2.98.